The molecule has 1 aliphatic heterocycles. The Morgan fingerprint density at radius 3 is 3.06 bits per heavy atom. The highest BCUT2D eigenvalue weighted by atomic mass is 16.7. The normalized spacial score (nSPS) is 56.9. The van der Waals surface area contributed by atoms with Crippen LogP contribution in [0.4, 0.5) is 0 Å². The second kappa shape index (κ2) is 3.07. The summed E-state index contributed by atoms with van der Waals surface area (Å²) in [4.78, 5) is 12.8. The van der Waals surface area contributed by atoms with Crippen molar-refractivity contribution >= 4 is 5.78 Å². The topological polar surface area (TPSA) is 35.5 Å². The minimum Gasteiger partial charge on any atom is -0.352 e. The van der Waals surface area contributed by atoms with Crippen molar-refractivity contribution in [3.05, 3.63) is 12.2 Å². The molecule has 1 heterocycles. The van der Waals surface area contributed by atoms with E-state index in [4.69, 9.17) is 9.47 Å². The maximum absolute atomic E-state index is 12.8. The van der Waals surface area contributed by atoms with Gasteiger partial charge in [-0.3, -0.25) is 4.79 Å². The molecule has 18 heavy (non-hydrogen) atoms. The van der Waals surface area contributed by atoms with Gasteiger partial charge in [0.1, 0.15) is 0 Å². The molecule has 0 unspecified atom stereocenters. The fourth-order valence-electron chi connectivity index (χ4n) is 5.47. The summed E-state index contributed by atoms with van der Waals surface area (Å²) in [7, 11) is 1.70. The zero-order valence-corrected chi connectivity index (χ0v) is 11.1. The van der Waals surface area contributed by atoms with Crippen LogP contribution in [0.5, 0.6) is 0 Å². The van der Waals surface area contributed by atoms with Gasteiger partial charge in [-0.25, -0.2) is 0 Å². The molecule has 4 rings (SSSR count). The lowest BCUT2D eigenvalue weighted by Crippen LogP contribution is -2.63. The zero-order valence-electron chi connectivity index (χ0n) is 11.1. The highest BCUT2D eigenvalue weighted by molar-refractivity contribution is 5.96. The fourth-order valence-corrected chi connectivity index (χ4v) is 5.47. The van der Waals surface area contributed by atoms with E-state index in [9.17, 15) is 4.79 Å². The van der Waals surface area contributed by atoms with Crippen molar-refractivity contribution in [2.45, 2.75) is 38.4 Å². The summed E-state index contributed by atoms with van der Waals surface area (Å²) < 4.78 is 11.8. The lowest BCUT2D eigenvalue weighted by atomic mass is 9.53. The molecule has 1 spiro atoms. The number of rotatable bonds is 1. The van der Waals surface area contributed by atoms with Crippen LogP contribution < -0.4 is 0 Å². The highest BCUT2D eigenvalue weighted by Crippen LogP contribution is 2.70. The molecular formula is C15H20O3. The number of ether oxygens (including phenoxy) is 2. The van der Waals surface area contributed by atoms with Crippen molar-refractivity contribution in [2.75, 3.05) is 13.7 Å². The van der Waals surface area contributed by atoms with E-state index in [-0.39, 0.29) is 16.7 Å². The number of fused-ring (bicyclic) bond motifs is 4. The summed E-state index contributed by atoms with van der Waals surface area (Å²) in [5.41, 5.74) is -0.199. The van der Waals surface area contributed by atoms with Gasteiger partial charge in [0.15, 0.2) is 11.6 Å². The first-order valence-corrected chi connectivity index (χ1v) is 7.03. The summed E-state index contributed by atoms with van der Waals surface area (Å²) in [5, 5.41) is 0. The largest absolute Gasteiger partial charge is 0.352 e. The number of carbonyl (C=O) groups is 1. The van der Waals surface area contributed by atoms with E-state index in [0.717, 1.165) is 25.7 Å². The SMILES string of the molecule is CO[C@]12OCC[C@@]1(C)[C@H]1CCC[C@]13C=C[C@H]2C3=O. The van der Waals surface area contributed by atoms with Crippen LogP contribution in [0.3, 0.4) is 0 Å². The molecule has 2 saturated carbocycles. The molecule has 0 radical (unpaired) electrons. The summed E-state index contributed by atoms with van der Waals surface area (Å²) in [6.07, 6.45) is 8.58. The third-order valence-corrected chi connectivity index (χ3v) is 6.25. The molecule has 0 aromatic heterocycles. The molecule has 2 bridgehead atoms. The second-order valence-electron chi connectivity index (χ2n) is 6.57. The van der Waals surface area contributed by atoms with E-state index in [1.54, 1.807) is 7.11 Å². The summed E-state index contributed by atoms with van der Waals surface area (Å²) in [6.45, 7) is 3.00. The van der Waals surface area contributed by atoms with Gasteiger partial charge >= 0.3 is 0 Å². The van der Waals surface area contributed by atoms with Gasteiger partial charge in [0.25, 0.3) is 0 Å². The van der Waals surface area contributed by atoms with Gasteiger partial charge in [-0.15, -0.1) is 0 Å². The summed E-state index contributed by atoms with van der Waals surface area (Å²) in [5.74, 6) is -0.138. The Morgan fingerprint density at radius 2 is 2.28 bits per heavy atom. The van der Waals surface area contributed by atoms with Crippen molar-refractivity contribution < 1.29 is 14.3 Å². The molecule has 1 saturated heterocycles. The first-order chi connectivity index (χ1) is 8.61. The smallest absolute Gasteiger partial charge is 0.186 e. The molecule has 0 amide bonds. The van der Waals surface area contributed by atoms with Gasteiger partial charge in [0.05, 0.1) is 17.9 Å². The number of allylic oxidation sites excluding steroid dienone is 1. The van der Waals surface area contributed by atoms with Crippen LogP contribution in [-0.2, 0) is 14.3 Å². The molecule has 3 fully saturated rings. The fraction of sp³-hybridized carbons (Fsp3) is 0.800. The molecule has 3 nitrogen and oxygen atoms in total. The molecule has 0 aromatic rings. The number of hydrogen-bond donors (Lipinski definition) is 0. The average Bonchev–Trinajstić information content (AvgIpc) is 3.00. The molecule has 5 atom stereocenters. The summed E-state index contributed by atoms with van der Waals surface area (Å²) in [6, 6.07) is 0. The Balaban J connectivity index is 1.96. The number of Topliss-reactive ketones (excluding diaryl/α,β-unsaturated/α-hetero) is 1. The third-order valence-electron chi connectivity index (χ3n) is 6.25. The van der Waals surface area contributed by atoms with Gasteiger partial charge < -0.3 is 9.47 Å². The van der Waals surface area contributed by atoms with Crippen molar-refractivity contribution in [1.29, 1.82) is 0 Å². The number of ketones is 1. The van der Waals surface area contributed by atoms with Gasteiger partial charge in [0, 0.05) is 12.5 Å². The van der Waals surface area contributed by atoms with Crippen LogP contribution >= 0.6 is 0 Å². The second-order valence-corrected chi connectivity index (χ2v) is 6.57. The Bertz CT molecular complexity index is 457. The van der Waals surface area contributed by atoms with Crippen molar-refractivity contribution in [3.63, 3.8) is 0 Å². The Labute approximate surface area is 108 Å². The van der Waals surface area contributed by atoms with Gasteiger partial charge in [0.2, 0.25) is 0 Å². The van der Waals surface area contributed by atoms with Crippen LogP contribution in [-0.4, -0.2) is 25.3 Å². The van der Waals surface area contributed by atoms with Crippen LogP contribution in [0.2, 0.25) is 0 Å². The highest BCUT2D eigenvalue weighted by Gasteiger charge is 2.75. The molecular weight excluding hydrogens is 228 g/mol. The van der Waals surface area contributed by atoms with E-state index >= 15 is 0 Å². The maximum atomic E-state index is 12.8. The van der Waals surface area contributed by atoms with Crippen LogP contribution in [0.1, 0.15) is 32.6 Å². The lowest BCUT2D eigenvalue weighted by molar-refractivity contribution is -0.285. The Morgan fingerprint density at radius 1 is 1.44 bits per heavy atom. The van der Waals surface area contributed by atoms with Crippen LogP contribution in [0.25, 0.3) is 0 Å². The third kappa shape index (κ3) is 0.865. The number of carbonyl (C=O) groups excluding carboxylic acids is 1. The quantitative estimate of drug-likeness (QED) is 0.668. The van der Waals surface area contributed by atoms with E-state index in [2.05, 4.69) is 19.1 Å². The van der Waals surface area contributed by atoms with Crippen LogP contribution in [0, 0.1) is 22.7 Å². The molecule has 0 aromatic carbocycles. The minimum atomic E-state index is -0.699. The monoisotopic (exact) mass is 248 g/mol. The molecule has 4 aliphatic rings. The Kier molecular flexibility index (Phi) is 1.91. The number of hydrogen-bond acceptors (Lipinski definition) is 3. The predicted molar refractivity (Wildman–Crippen MR) is 65.8 cm³/mol. The summed E-state index contributed by atoms with van der Waals surface area (Å²) >= 11 is 0. The standard InChI is InChI=1S/C15H20O3/c1-13-8-9-18-15(13,17-2)10-5-7-14(12(10)16)6-3-4-11(13)14/h5,7,10-11H,3-4,6,8-9H2,1-2H3/t10-,11+,13-,14-,15+/m0/s1. The lowest BCUT2D eigenvalue weighted by Gasteiger charge is -2.54. The maximum Gasteiger partial charge on any atom is 0.186 e. The van der Waals surface area contributed by atoms with E-state index < -0.39 is 5.79 Å². The van der Waals surface area contributed by atoms with Crippen molar-refractivity contribution in [2.24, 2.45) is 22.7 Å². The van der Waals surface area contributed by atoms with Crippen LogP contribution in [0.15, 0.2) is 12.2 Å². The van der Waals surface area contributed by atoms with Crippen molar-refractivity contribution in [1.82, 2.24) is 0 Å². The number of methoxy groups -OCH3 is 1. The van der Waals surface area contributed by atoms with E-state index in [0.29, 0.717) is 18.3 Å². The van der Waals surface area contributed by atoms with Gasteiger partial charge in [-0.05, 0) is 25.2 Å². The van der Waals surface area contributed by atoms with Gasteiger partial charge in [-0.1, -0.05) is 25.5 Å². The first-order valence-electron chi connectivity index (χ1n) is 7.03. The van der Waals surface area contributed by atoms with Crippen molar-refractivity contribution in [3.8, 4) is 0 Å². The molecule has 3 aliphatic carbocycles. The molecule has 3 heteroatoms. The first kappa shape index (κ1) is 11.2. The predicted octanol–water partition coefficient (Wildman–Crippen LogP) is 2.31. The zero-order chi connectivity index (χ0) is 12.6. The van der Waals surface area contributed by atoms with Gasteiger partial charge in [-0.2, -0.15) is 0 Å². The average molecular weight is 248 g/mol. The van der Waals surface area contributed by atoms with E-state index in [1.807, 2.05) is 0 Å². The molecule has 0 N–H and O–H groups in total. The van der Waals surface area contributed by atoms with E-state index in [1.165, 1.54) is 0 Å². The Hall–Kier alpha value is -0.670. The minimum absolute atomic E-state index is 0.0136. The molecule has 98 valence electrons.